The zero-order valence-corrected chi connectivity index (χ0v) is 18.9. The van der Waals surface area contributed by atoms with Crippen LogP contribution in [0.25, 0.3) is 11.4 Å². The lowest BCUT2D eigenvalue weighted by molar-refractivity contribution is 0.301. The van der Waals surface area contributed by atoms with Crippen molar-refractivity contribution < 1.29 is 4.74 Å². The Balaban J connectivity index is 1.33. The van der Waals surface area contributed by atoms with Crippen LogP contribution in [0.2, 0.25) is 0 Å². The summed E-state index contributed by atoms with van der Waals surface area (Å²) in [5.41, 5.74) is 4.65. The second-order valence-electron chi connectivity index (χ2n) is 8.77. The topological polar surface area (TPSA) is 65.7 Å². The summed E-state index contributed by atoms with van der Waals surface area (Å²) in [6.45, 7) is 7.81. The smallest absolute Gasteiger partial charge is 0.204 e. The summed E-state index contributed by atoms with van der Waals surface area (Å²) in [7, 11) is 0. The Bertz CT molecular complexity index is 1120. The van der Waals surface area contributed by atoms with Crippen molar-refractivity contribution in [2.75, 3.05) is 0 Å². The molecule has 0 aliphatic rings. The van der Waals surface area contributed by atoms with E-state index < -0.39 is 0 Å². The third-order valence-electron chi connectivity index (χ3n) is 5.35. The van der Waals surface area contributed by atoms with Crippen molar-refractivity contribution >= 4 is 0 Å². The number of nitrogens with zero attached hydrogens (tertiary/aromatic N) is 5. The molecule has 164 valence electrons. The molecular formula is C26H29N5O. The second kappa shape index (κ2) is 9.73. The highest BCUT2D eigenvalue weighted by Gasteiger charge is 2.19. The van der Waals surface area contributed by atoms with Gasteiger partial charge in [0, 0.05) is 11.8 Å². The molecule has 32 heavy (non-hydrogen) atoms. The number of aromatic nitrogens is 5. The number of aryl methyl sites for hydroxylation is 1. The minimum Gasteiger partial charge on any atom is -0.487 e. The molecule has 0 aliphatic carbocycles. The Kier molecular flexibility index (Phi) is 6.59. The normalized spacial score (nSPS) is 11.5. The van der Waals surface area contributed by atoms with Crippen LogP contribution in [0, 0.1) is 5.41 Å². The quantitative estimate of drug-likeness (QED) is 0.370. The van der Waals surface area contributed by atoms with Crippen molar-refractivity contribution in [1.82, 2.24) is 25.2 Å². The van der Waals surface area contributed by atoms with Crippen molar-refractivity contribution in [3.05, 3.63) is 89.7 Å². The maximum absolute atomic E-state index is 5.85. The molecule has 6 nitrogen and oxygen atoms in total. The fourth-order valence-electron chi connectivity index (χ4n) is 3.78. The molecule has 0 amide bonds. The number of hydrogen-bond donors (Lipinski definition) is 0. The largest absolute Gasteiger partial charge is 0.487 e. The molecule has 4 rings (SSSR count). The molecule has 2 aromatic carbocycles. The average molecular weight is 428 g/mol. The molecule has 0 bridgehead atoms. The van der Waals surface area contributed by atoms with Crippen molar-refractivity contribution in [3.8, 4) is 17.1 Å². The van der Waals surface area contributed by atoms with Crippen LogP contribution in [0.3, 0.4) is 0 Å². The van der Waals surface area contributed by atoms with Crippen molar-refractivity contribution in [3.63, 3.8) is 0 Å². The number of rotatable bonds is 9. The van der Waals surface area contributed by atoms with E-state index in [9.17, 15) is 0 Å². The molecule has 0 spiro atoms. The molecular weight excluding hydrogens is 398 g/mol. The first-order chi connectivity index (χ1) is 15.5. The van der Waals surface area contributed by atoms with Crippen LogP contribution in [0.15, 0.2) is 72.9 Å². The zero-order chi connectivity index (χ0) is 22.4. The lowest BCUT2D eigenvalue weighted by atomic mass is 9.80. The fourth-order valence-corrected chi connectivity index (χ4v) is 3.78. The molecule has 2 aromatic heterocycles. The van der Waals surface area contributed by atoms with Gasteiger partial charge in [0.2, 0.25) is 5.82 Å². The summed E-state index contributed by atoms with van der Waals surface area (Å²) in [6.07, 6.45) is 3.76. The van der Waals surface area contributed by atoms with Crippen molar-refractivity contribution in [2.45, 2.75) is 46.8 Å². The van der Waals surface area contributed by atoms with E-state index in [1.807, 2.05) is 37.3 Å². The van der Waals surface area contributed by atoms with E-state index in [0.717, 1.165) is 36.4 Å². The highest BCUT2D eigenvalue weighted by atomic mass is 16.5. The number of ether oxygens (including phenoxy) is 1. The fraction of sp³-hybridized carbons (Fsp3) is 0.308. The van der Waals surface area contributed by atoms with Gasteiger partial charge in [0.15, 0.2) is 0 Å². The Labute approximate surface area is 189 Å². The summed E-state index contributed by atoms with van der Waals surface area (Å²) >= 11 is 0. The van der Waals surface area contributed by atoms with Crippen LogP contribution >= 0.6 is 0 Å². The Morgan fingerprint density at radius 1 is 0.875 bits per heavy atom. The first kappa shape index (κ1) is 21.7. The molecule has 4 aromatic rings. The van der Waals surface area contributed by atoms with Gasteiger partial charge >= 0.3 is 0 Å². The summed E-state index contributed by atoms with van der Waals surface area (Å²) < 4.78 is 5.85. The standard InChI is InChI=1S/C26H29N5O/c1-4-31-29-25(28-30-31)22-12-8-20(9-13-22)17-26(2,3)18-21-10-14-24(15-11-21)32-19-23-7-5-6-16-27-23/h5-16H,4,17-19H2,1-3H3. The predicted molar refractivity (Wildman–Crippen MR) is 125 cm³/mol. The number of tetrazole rings is 1. The molecule has 0 aliphatic heterocycles. The molecule has 0 unspecified atom stereocenters. The number of pyridine rings is 1. The highest BCUT2D eigenvalue weighted by Crippen LogP contribution is 2.28. The van der Waals surface area contributed by atoms with Gasteiger partial charge in [-0.05, 0) is 65.8 Å². The van der Waals surface area contributed by atoms with Gasteiger partial charge in [0.1, 0.15) is 12.4 Å². The van der Waals surface area contributed by atoms with Gasteiger partial charge in [-0.25, -0.2) is 0 Å². The van der Waals surface area contributed by atoms with E-state index in [-0.39, 0.29) is 5.41 Å². The lowest BCUT2D eigenvalue weighted by Gasteiger charge is -2.25. The average Bonchev–Trinajstić information content (AvgIpc) is 3.29. The maximum atomic E-state index is 5.85. The van der Waals surface area contributed by atoms with Gasteiger partial charge < -0.3 is 4.74 Å². The Hall–Kier alpha value is -3.54. The van der Waals surface area contributed by atoms with Gasteiger partial charge in [-0.15, -0.1) is 10.2 Å². The first-order valence-corrected chi connectivity index (χ1v) is 11.0. The lowest BCUT2D eigenvalue weighted by Crippen LogP contribution is -2.18. The van der Waals surface area contributed by atoms with Gasteiger partial charge in [0.25, 0.3) is 0 Å². The molecule has 0 radical (unpaired) electrons. The summed E-state index contributed by atoms with van der Waals surface area (Å²) in [5, 5.41) is 12.5. The summed E-state index contributed by atoms with van der Waals surface area (Å²) in [4.78, 5) is 5.89. The highest BCUT2D eigenvalue weighted by molar-refractivity contribution is 5.54. The van der Waals surface area contributed by atoms with Crippen LogP contribution in [-0.2, 0) is 26.0 Å². The molecule has 0 saturated carbocycles. The summed E-state index contributed by atoms with van der Waals surface area (Å²) in [6, 6.07) is 22.7. The second-order valence-corrected chi connectivity index (χ2v) is 8.77. The molecule has 0 N–H and O–H groups in total. The third-order valence-corrected chi connectivity index (χ3v) is 5.35. The Morgan fingerprint density at radius 3 is 2.16 bits per heavy atom. The third kappa shape index (κ3) is 5.78. The van der Waals surface area contributed by atoms with Crippen molar-refractivity contribution in [2.24, 2.45) is 5.41 Å². The van der Waals surface area contributed by atoms with Crippen LogP contribution in [0.4, 0.5) is 0 Å². The van der Waals surface area contributed by atoms with Gasteiger partial charge in [-0.3, -0.25) is 4.98 Å². The zero-order valence-electron chi connectivity index (χ0n) is 18.9. The van der Waals surface area contributed by atoms with Crippen LogP contribution in [0.5, 0.6) is 5.75 Å². The van der Waals surface area contributed by atoms with E-state index in [1.54, 1.807) is 11.0 Å². The molecule has 0 saturated heterocycles. The first-order valence-electron chi connectivity index (χ1n) is 11.0. The van der Waals surface area contributed by atoms with Crippen LogP contribution < -0.4 is 4.74 Å². The number of benzene rings is 2. The van der Waals surface area contributed by atoms with E-state index in [0.29, 0.717) is 12.4 Å². The minimum absolute atomic E-state index is 0.126. The van der Waals surface area contributed by atoms with E-state index in [4.69, 9.17) is 4.74 Å². The molecule has 0 atom stereocenters. The van der Waals surface area contributed by atoms with E-state index in [1.165, 1.54) is 11.1 Å². The SMILES string of the molecule is CCn1nnc(-c2ccc(CC(C)(C)Cc3ccc(OCc4ccccn4)cc3)cc2)n1. The Morgan fingerprint density at radius 2 is 1.56 bits per heavy atom. The monoisotopic (exact) mass is 427 g/mol. The van der Waals surface area contributed by atoms with Gasteiger partial charge in [-0.1, -0.05) is 56.3 Å². The minimum atomic E-state index is 0.126. The van der Waals surface area contributed by atoms with E-state index in [2.05, 4.69) is 70.6 Å². The van der Waals surface area contributed by atoms with Gasteiger partial charge in [-0.2, -0.15) is 4.80 Å². The molecule has 2 heterocycles. The number of hydrogen-bond acceptors (Lipinski definition) is 5. The van der Waals surface area contributed by atoms with Gasteiger partial charge in [0.05, 0.1) is 12.2 Å². The predicted octanol–water partition coefficient (Wildman–Crippen LogP) is 5.15. The summed E-state index contributed by atoms with van der Waals surface area (Å²) in [5.74, 6) is 1.53. The van der Waals surface area contributed by atoms with Crippen LogP contribution in [0.1, 0.15) is 37.6 Å². The van der Waals surface area contributed by atoms with Crippen LogP contribution in [-0.4, -0.2) is 25.2 Å². The molecule has 6 heteroatoms. The molecule has 0 fully saturated rings. The van der Waals surface area contributed by atoms with E-state index >= 15 is 0 Å². The maximum Gasteiger partial charge on any atom is 0.204 e. The van der Waals surface area contributed by atoms with Crippen molar-refractivity contribution in [1.29, 1.82) is 0 Å².